The average Bonchev–Trinajstić information content (AvgIpc) is 2.38. The summed E-state index contributed by atoms with van der Waals surface area (Å²) in [5, 5.41) is 11.1. The first-order chi connectivity index (χ1) is 9.41. The molecule has 1 saturated heterocycles. The number of rotatable bonds is 2. The van der Waals surface area contributed by atoms with Gasteiger partial charge in [0.25, 0.3) is 11.6 Å². The number of carbonyl (C=O) groups excluding carboxylic acids is 1. The minimum absolute atomic E-state index is 0.116. The molecule has 0 radical (unpaired) electrons. The second-order valence-corrected chi connectivity index (χ2v) is 5.67. The molecule has 0 spiro atoms. The van der Waals surface area contributed by atoms with Gasteiger partial charge in [0.05, 0.1) is 15.5 Å². The maximum absolute atomic E-state index is 12.6. The Kier molecular flexibility index (Phi) is 4.28. The molecule has 1 amide bonds. The van der Waals surface area contributed by atoms with E-state index in [-0.39, 0.29) is 34.3 Å². The van der Waals surface area contributed by atoms with Gasteiger partial charge in [-0.2, -0.15) is 0 Å². The predicted molar refractivity (Wildman–Crippen MR) is 77.1 cm³/mol. The lowest BCUT2D eigenvalue weighted by molar-refractivity contribution is -0.384. The summed E-state index contributed by atoms with van der Waals surface area (Å²) in [5.41, 5.74) is 0.0940. The van der Waals surface area contributed by atoms with Gasteiger partial charge in [-0.15, -0.1) is 0 Å². The first-order valence-electron chi connectivity index (χ1n) is 6.68. The maximum atomic E-state index is 12.6. The molecule has 0 aliphatic carbocycles. The minimum atomic E-state index is -0.518. The van der Waals surface area contributed by atoms with E-state index in [0.717, 1.165) is 19.3 Å². The highest BCUT2D eigenvalue weighted by Crippen LogP contribution is 2.29. The quantitative estimate of drug-likeness (QED) is 0.618. The molecule has 1 aliphatic heterocycles. The van der Waals surface area contributed by atoms with Crippen molar-refractivity contribution in [1.82, 2.24) is 4.90 Å². The fourth-order valence-corrected chi connectivity index (χ4v) is 2.95. The number of amides is 1. The minimum Gasteiger partial charge on any atom is -0.333 e. The number of likely N-dealkylation sites (tertiary alicyclic amines) is 1. The van der Waals surface area contributed by atoms with E-state index >= 15 is 0 Å². The smallest absolute Gasteiger partial charge is 0.270 e. The van der Waals surface area contributed by atoms with Gasteiger partial charge in [0, 0.05) is 24.2 Å². The Morgan fingerprint density at radius 1 is 1.35 bits per heavy atom. The SMILES string of the molecule is CC1CCCC(C)N1C(=O)c1cc([N+](=O)[O-])ccc1Cl. The van der Waals surface area contributed by atoms with Crippen molar-refractivity contribution >= 4 is 23.2 Å². The van der Waals surface area contributed by atoms with Crippen LogP contribution in [0.3, 0.4) is 0 Å². The molecule has 1 heterocycles. The Hall–Kier alpha value is -1.62. The monoisotopic (exact) mass is 296 g/mol. The van der Waals surface area contributed by atoms with Crippen LogP contribution in [0.4, 0.5) is 5.69 Å². The molecule has 1 aromatic rings. The Bertz CT molecular complexity index is 537. The van der Waals surface area contributed by atoms with Gasteiger partial charge in [-0.25, -0.2) is 0 Å². The number of carbonyl (C=O) groups is 1. The zero-order valence-corrected chi connectivity index (χ0v) is 12.3. The van der Waals surface area contributed by atoms with Crippen molar-refractivity contribution in [3.63, 3.8) is 0 Å². The Morgan fingerprint density at radius 3 is 2.50 bits per heavy atom. The fourth-order valence-electron chi connectivity index (χ4n) is 2.75. The lowest BCUT2D eigenvalue weighted by Crippen LogP contribution is -2.47. The Labute approximate surface area is 122 Å². The van der Waals surface area contributed by atoms with Crippen LogP contribution < -0.4 is 0 Å². The second kappa shape index (κ2) is 5.79. The largest absolute Gasteiger partial charge is 0.333 e. The number of hydrogen-bond acceptors (Lipinski definition) is 3. The Morgan fingerprint density at radius 2 is 1.95 bits per heavy atom. The average molecular weight is 297 g/mol. The summed E-state index contributed by atoms with van der Waals surface area (Å²) >= 11 is 6.04. The van der Waals surface area contributed by atoms with Gasteiger partial charge in [0.15, 0.2) is 0 Å². The topological polar surface area (TPSA) is 63.5 Å². The van der Waals surface area contributed by atoms with Crippen molar-refractivity contribution in [3.8, 4) is 0 Å². The number of nitro groups is 1. The van der Waals surface area contributed by atoms with Gasteiger partial charge < -0.3 is 4.90 Å². The molecule has 2 atom stereocenters. The molecule has 5 nitrogen and oxygen atoms in total. The number of non-ortho nitro benzene ring substituents is 1. The molecule has 1 aromatic carbocycles. The molecule has 0 aromatic heterocycles. The van der Waals surface area contributed by atoms with Crippen molar-refractivity contribution in [2.45, 2.75) is 45.2 Å². The zero-order valence-electron chi connectivity index (χ0n) is 11.5. The third-order valence-electron chi connectivity index (χ3n) is 3.82. The van der Waals surface area contributed by atoms with Crippen LogP contribution in [-0.4, -0.2) is 27.8 Å². The number of nitrogens with zero attached hydrogens (tertiary/aromatic N) is 2. The van der Waals surface area contributed by atoms with Crippen molar-refractivity contribution in [2.24, 2.45) is 0 Å². The lowest BCUT2D eigenvalue weighted by Gasteiger charge is -2.39. The molecule has 1 aliphatic rings. The van der Waals surface area contributed by atoms with Gasteiger partial charge in [0.2, 0.25) is 0 Å². The molecule has 108 valence electrons. The van der Waals surface area contributed by atoms with Gasteiger partial charge in [0.1, 0.15) is 0 Å². The first-order valence-corrected chi connectivity index (χ1v) is 7.06. The predicted octanol–water partition coefficient (Wildman–Crippen LogP) is 3.65. The van der Waals surface area contributed by atoms with Crippen LogP contribution in [-0.2, 0) is 0 Å². The van der Waals surface area contributed by atoms with Crippen LogP contribution >= 0.6 is 11.6 Å². The van der Waals surface area contributed by atoms with E-state index in [1.165, 1.54) is 18.2 Å². The Balaban J connectivity index is 2.37. The number of nitro benzene ring substituents is 1. The summed E-state index contributed by atoms with van der Waals surface area (Å²) in [6, 6.07) is 4.23. The summed E-state index contributed by atoms with van der Waals surface area (Å²) in [7, 11) is 0. The molecular formula is C14H17ClN2O3. The molecular weight excluding hydrogens is 280 g/mol. The van der Waals surface area contributed by atoms with E-state index in [2.05, 4.69) is 0 Å². The van der Waals surface area contributed by atoms with Crippen LogP contribution in [0.25, 0.3) is 0 Å². The fraction of sp³-hybridized carbons (Fsp3) is 0.500. The van der Waals surface area contributed by atoms with Gasteiger partial charge in [-0.1, -0.05) is 11.6 Å². The van der Waals surface area contributed by atoms with Crippen molar-refractivity contribution in [1.29, 1.82) is 0 Å². The van der Waals surface area contributed by atoms with E-state index in [1.54, 1.807) is 4.90 Å². The third kappa shape index (κ3) is 2.77. The molecule has 2 rings (SSSR count). The van der Waals surface area contributed by atoms with E-state index < -0.39 is 4.92 Å². The van der Waals surface area contributed by atoms with E-state index in [9.17, 15) is 14.9 Å². The van der Waals surface area contributed by atoms with Gasteiger partial charge in [-0.05, 0) is 39.2 Å². The lowest BCUT2D eigenvalue weighted by atomic mass is 9.96. The first kappa shape index (κ1) is 14.8. The maximum Gasteiger partial charge on any atom is 0.270 e. The van der Waals surface area contributed by atoms with E-state index in [4.69, 9.17) is 11.6 Å². The van der Waals surface area contributed by atoms with Crippen molar-refractivity contribution in [2.75, 3.05) is 0 Å². The van der Waals surface area contributed by atoms with Gasteiger partial charge >= 0.3 is 0 Å². The van der Waals surface area contributed by atoms with Crippen LogP contribution in [0.5, 0.6) is 0 Å². The summed E-state index contributed by atoms with van der Waals surface area (Å²) in [4.78, 5) is 24.7. The second-order valence-electron chi connectivity index (χ2n) is 5.26. The van der Waals surface area contributed by atoms with Crippen molar-refractivity contribution in [3.05, 3.63) is 38.9 Å². The molecule has 1 fully saturated rings. The molecule has 0 N–H and O–H groups in total. The number of piperidine rings is 1. The summed E-state index contributed by atoms with van der Waals surface area (Å²) in [6.07, 6.45) is 2.99. The highest BCUT2D eigenvalue weighted by molar-refractivity contribution is 6.34. The van der Waals surface area contributed by atoms with E-state index in [1.807, 2.05) is 13.8 Å². The van der Waals surface area contributed by atoms with Crippen LogP contribution in [0, 0.1) is 10.1 Å². The summed E-state index contributed by atoms with van der Waals surface area (Å²) in [5.74, 6) is -0.224. The standard InChI is InChI=1S/C14H17ClN2O3/c1-9-4-3-5-10(2)16(9)14(18)12-8-11(17(19)20)6-7-13(12)15/h6-10H,3-5H2,1-2H3. The van der Waals surface area contributed by atoms with Crippen molar-refractivity contribution < 1.29 is 9.72 Å². The van der Waals surface area contributed by atoms with Crippen LogP contribution in [0.2, 0.25) is 5.02 Å². The van der Waals surface area contributed by atoms with Gasteiger partial charge in [-0.3, -0.25) is 14.9 Å². The third-order valence-corrected chi connectivity index (χ3v) is 4.15. The molecule has 2 unspecified atom stereocenters. The molecule has 20 heavy (non-hydrogen) atoms. The molecule has 0 bridgehead atoms. The normalized spacial score (nSPS) is 22.6. The van der Waals surface area contributed by atoms with E-state index in [0.29, 0.717) is 0 Å². The summed E-state index contributed by atoms with van der Waals surface area (Å²) < 4.78 is 0. The van der Waals surface area contributed by atoms with Crippen LogP contribution in [0.15, 0.2) is 18.2 Å². The van der Waals surface area contributed by atoms with Crippen LogP contribution in [0.1, 0.15) is 43.5 Å². The zero-order chi connectivity index (χ0) is 14.9. The molecule has 0 saturated carbocycles. The summed E-state index contributed by atoms with van der Waals surface area (Å²) in [6.45, 7) is 4.00. The molecule has 6 heteroatoms. The highest BCUT2D eigenvalue weighted by Gasteiger charge is 2.31. The highest BCUT2D eigenvalue weighted by atomic mass is 35.5. The number of benzene rings is 1. The number of hydrogen-bond donors (Lipinski definition) is 0. The number of halogens is 1.